The van der Waals surface area contributed by atoms with Crippen molar-refractivity contribution in [2.45, 2.75) is 39.0 Å². The number of nitrogens with zero attached hydrogens (tertiary/aromatic N) is 1. The molecule has 1 aromatic heterocycles. The summed E-state index contributed by atoms with van der Waals surface area (Å²) in [4.78, 5) is 4.50. The summed E-state index contributed by atoms with van der Waals surface area (Å²) in [5.74, 6) is 1.44. The molecule has 2 heteroatoms. The highest BCUT2D eigenvalue weighted by Gasteiger charge is 2.14. The van der Waals surface area contributed by atoms with Crippen LogP contribution in [0.25, 0.3) is 0 Å². The van der Waals surface area contributed by atoms with E-state index in [0.717, 1.165) is 12.3 Å². The van der Waals surface area contributed by atoms with E-state index in [9.17, 15) is 0 Å². The van der Waals surface area contributed by atoms with Crippen LogP contribution in [0.4, 0.5) is 0 Å². The van der Waals surface area contributed by atoms with Gasteiger partial charge in [0.1, 0.15) is 0 Å². The zero-order valence-corrected chi connectivity index (χ0v) is 10.4. The number of aromatic nitrogens is 1. The average molecular weight is 218 g/mol. The molecule has 1 aliphatic heterocycles. The third-order valence-corrected chi connectivity index (χ3v) is 3.46. The molecule has 2 heterocycles. The van der Waals surface area contributed by atoms with E-state index in [4.69, 9.17) is 0 Å². The molecule has 1 fully saturated rings. The van der Waals surface area contributed by atoms with E-state index in [1.807, 2.05) is 6.20 Å². The molecular formula is C14H22N2. The van der Waals surface area contributed by atoms with Gasteiger partial charge in [-0.05, 0) is 61.9 Å². The Kier molecular flexibility index (Phi) is 3.94. The van der Waals surface area contributed by atoms with Crippen LogP contribution in [-0.2, 0) is 6.42 Å². The molecule has 1 aromatic rings. The van der Waals surface area contributed by atoms with Crippen molar-refractivity contribution < 1.29 is 0 Å². The van der Waals surface area contributed by atoms with Gasteiger partial charge in [0.25, 0.3) is 0 Å². The number of hydrogen-bond donors (Lipinski definition) is 1. The number of hydrogen-bond acceptors (Lipinski definition) is 2. The molecule has 1 N–H and O–H groups in total. The van der Waals surface area contributed by atoms with Gasteiger partial charge < -0.3 is 5.32 Å². The summed E-state index contributed by atoms with van der Waals surface area (Å²) in [6, 6.07) is 4.42. The summed E-state index contributed by atoms with van der Waals surface area (Å²) in [6.45, 7) is 6.83. The van der Waals surface area contributed by atoms with Gasteiger partial charge in [0, 0.05) is 11.9 Å². The van der Waals surface area contributed by atoms with Gasteiger partial charge in [-0.25, -0.2) is 0 Å². The van der Waals surface area contributed by atoms with Gasteiger partial charge in [-0.1, -0.05) is 13.8 Å². The maximum atomic E-state index is 4.50. The van der Waals surface area contributed by atoms with Crippen molar-refractivity contribution in [2.75, 3.05) is 13.1 Å². The largest absolute Gasteiger partial charge is 0.317 e. The van der Waals surface area contributed by atoms with Gasteiger partial charge in [-0.2, -0.15) is 0 Å². The molecule has 0 saturated carbocycles. The second kappa shape index (κ2) is 5.44. The minimum absolute atomic E-state index is 0.606. The molecule has 16 heavy (non-hydrogen) atoms. The van der Waals surface area contributed by atoms with Crippen LogP contribution in [0.5, 0.6) is 0 Å². The van der Waals surface area contributed by atoms with E-state index >= 15 is 0 Å². The van der Waals surface area contributed by atoms with E-state index in [0.29, 0.717) is 5.92 Å². The van der Waals surface area contributed by atoms with E-state index in [1.165, 1.54) is 37.2 Å². The predicted octanol–water partition coefficient (Wildman–Crippen LogP) is 2.75. The fourth-order valence-corrected chi connectivity index (χ4v) is 2.35. The molecule has 0 amide bonds. The number of piperidine rings is 1. The van der Waals surface area contributed by atoms with Crippen molar-refractivity contribution in [3.63, 3.8) is 0 Å². The highest BCUT2D eigenvalue weighted by Crippen LogP contribution is 2.19. The maximum absolute atomic E-state index is 4.50. The Morgan fingerprint density at radius 1 is 1.38 bits per heavy atom. The summed E-state index contributed by atoms with van der Waals surface area (Å²) >= 11 is 0. The van der Waals surface area contributed by atoms with Crippen LogP contribution in [0.15, 0.2) is 18.3 Å². The summed E-state index contributed by atoms with van der Waals surface area (Å²) in [5, 5.41) is 3.41. The smallest absolute Gasteiger partial charge is 0.0409 e. The molecule has 1 saturated heterocycles. The fourth-order valence-electron chi connectivity index (χ4n) is 2.35. The molecule has 0 aromatic carbocycles. The Labute approximate surface area is 98.5 Å². The molecular weight excluding hydrogens is 196 g/mol. The molecule has 0 radical (unpaired) electrons. The van der Waals surface area contributed by atoms with Crippen LogP contribution in [-0.4, -0.2) is 18.1 Å². The lowest BCUT2D eigenvalue weighted by Gasteiger charge is -2.22. The Morgan fingerprint density at radius 2 is 2.12 bits per heavy atom. The fraction of sp³-hybridized carbons (Fsp3) is 0.643. The topological polar surface area (TPSA) is 24.9 Å². The zero-order valence-electron chi connectivity index (χ0n) is 10.4. The van der Waals surface area contributed by atoms with Crippen LogP contribution in [0.3, 0.4) is 0 Å². The molecule has 1 aliphatic rings. The van der Waals surface area contributed by atoms with E-state index < -0.39 is 0 Å². The Hall–Kier alpha value is -0.890. The molecule has 2 rings (SSSR count). The molecule has 0 unspecified atom stereocenters. The minimum Gasteiger partial charge on any atom is -0.317 e. The van der Waals surface area contributed by atoms with Gasteiger partial charge >= 0.3 is 0 Å². The molecule has 0 bridgehead atoms. The summed E-state index contributed by atoms with van der Waals surface area (Å²) < 4.78 is 0. The summed E-state index contributed by atoms with van der Waals surface area (Å²) in [7, 11) is 0. The molecule has 0 atom stereocenters. The van der Waals surface area contributed by atoms with Crippen molar-refractivity contribution >= 4 is 0 Å². The normalized spacial score (nSPS) is 17.9. The lowest BCUT2D eigenvalue weighted by atomic mass is 9.92. The highest BCUT2D eigenvalue weighted by molar-refractivity contribution is 5.19. The van der Waals surface area contributed by atoms with Gasteiger partial charge in [0.2, 0.25) is 0 Å². The van der Waals surface area contributed by atoms with Crippen LogP contribution < -0.4 is 5.32 Å². The van der Waals surface area contributed by atoms with Crippen LogP contribution in [0.1, 0.15) is 43.9 Å². The quantitative estimate of drug-likeness (QED) is 0.844. The third kappa shape index (κ3) is 3.05. The van der Waals surface area contributed by atoms with Gasteiger partial charge in [0.05, 0.1) is 0 Å². The molecule has 88 valence electrons. The first-order valence-corrected chi connectivity index (χ1v) is 6.41. The molecule has 2 nitrogen and oxygen atoms in total. The van der Waals surface area contributed by atoms with Crippen molar-refractivity contribution in [2.24, 2.45) is 5.92 Å². The lowest BCUT2D eigenvalue weighted by molar-refractivity contribution is 0.370. The van der Waals surface area contributed by atoms with E-state index in [2.05, 4.69) is 36.3 Å². The zero-order chi connectivity index (χ0) is 11.4. The van der Waals surface area contributed by atoms with E-state index in [1.54, 1.807) is 0 Å². The van der Waals surface area contributed by atoms with Crippen molar-refractivity contribution in [1.82, 2.24) is 10.3 Å². The predicted molar refractivity (Wildman–Crippen MR) is 67.6 cm³/mol. The standard InChI is InChI=1S/C14H22N2/c1-11(2)13-5-8-16-14(10-13)9-12-3-6-15-7-4-12/h5,8,10-12,15H,3-4,6-7,9H2,1-2H3. The van der Waals surface area contributed by atoms with Crippen molar-refractivity contribution in [1.29, 1.82) is 0 Å². The van der Waals surface area contributed by atoms with Gasteiger partial charge in [-0.3, -0.25) is 4.98 Å². The number of rotatable bonds is 3. The minimum atomic E-state index is 0.606. The second-order valence-electron chi connectivity index (χ2n) is 5.13. The van der Waals surface area contributed by atoms with E-state index in [-0.39, 0.29) is 0 Å². The summed E-state index contributed by atoms with van der Waals surface area (Å²) in [5.41, 5.74) is 2.69. The SMILES string of the molecule is CC(C)c1ccnc(CC2CCNCC2)c1. The first kappa shape index (κ1) is 11.6. The van der Waals surface area contributed by atoms with Crippen LogP contribution in [0, 0.1) is 5.92 Å². The van der Waals surface area contributed by atoms with Crippen LogP contribution >= 0.6 is 0 Å². The first-order valence-electron chi connectivity index (χ1n) is 6.41. The summed E-state index contributed by atoms with van der Waals surface area (Å²) in [6.07, 6.45) is 5.72. The lowest BCUT2D eigenvalue weighted by Crippen LogP contribution is -2.28. The van der Waals surface area contributed by atoms with Gasteiger partial charge in [0.15, 0.2) is 0 Å². The van der Waals surface area contributed by atoms with Crippen LogP contribution in [0.2, 0.25) is 0 Å². The number of nitrogens with one attached hydrogen (secondary N) is 1. The van der Waals surface area contributed by atoms with Gasteiger partial charge in [-0.15, -0.1) is 0 Å². The Bertz CT molecular complexity index is 327. The molecule has 0 spiro atoms. The Balaban J connectivity index is 2.00. The highest BCUT2D eigenvalue weighted by atomic mass is 14.9. The maximum Gasteiger partial charge on any atom is 0.0409 e. The average Bonchev–Trinajstić information content (AvgIpc) is 2.30. The Morgan fingerprint density at radius 3 is 2.81 bits per heavy atom. The second-order valence-corrected chi connectivity index (χ2v) is 5.13. The monoisotopic (exact) mass is 218 g/mol. The third-order valence-electron chi connectivity index (χ3n) is 3.46. The van der Waals surface area contributed by atoms with Crippen molar-refractivity contribution in [3.8, 4) is 0 Å². The molecule has 0 aliphatic carbocycles. The van der Waals surface area contributed by atoms with Crippen molar-refractivity contribution in [3.05, 3.63) is 29.6 Å². The number of pyridine rings is 1. The first-order chi connectivity index (χ1) is 7.75.